The van der Waals surface area contributed by atoms with Gasteiger partial charge in [-0.05, 0) is 37.3 Å². The summed E-state index contributed by atoms with van der Waals surface area (Å²) in [6.45, 7) is 9.12. The van der Waals surface area contributed by atoms with Gasteiger partial charge in [-0.1, -0.05) is 31.2 Å². The summed E-state index contributed by atoms with van der Waals surface area (Å²) in [6.07, 6.45) is 3.11. The molecule has 156 valence electrons. The number of likely N-dealkylation sites (tertiary alicyclic amines) is 1. The number of piperidine rings is 1. The van der Waals surface area contributed by atoms with E-state index in [-0.39, 0.29) is 17.9 Å². The first-order valence-corrected chi connectivity index (χ1v) is 10.6. The molecule has 0 bridgehead atoms. The average Bonchev–Trinajstić information content (AvgIpc) is 3.14. The molecule has 3 heterocycles. The van der Waals surface area contributed by atoms with E-state index in [0.29, 0.717) is 5.82 Å². The molecule has 2 aliphatic rings. The van der Waals surface area contributed by atoms with Crippen molar-refractivity contribution in [1.82, 2.24) is 25.0 Å². The molecule has 1 aromatic carbocycles. The van der Waals surface area contributed by atoms with E-state index in [9.17, 15) is 4.79 Å². The average molecular weight is 398 g/mol. The number of morpholine rings is 1. The third kappa shape index (κ3) is 4.85. The van der Waals surface area contributed by atoms with E-state index in [1.54, 1.807) is 0 Å². The summed E-state index contributed by atoms with van der Waals surface area (Å²) in [7, 11) is 0. The van der Waals surface area contributed by atoms with E-state index in [1.165, 1.54) is 11.1 Å². The van der Waals surface area contributed by atoms with Gasteiger partial charge in [0.1, 0.15) is 5.82 Å². The van der Waals surface area contributed by atoms with E-state index >= 15 is 0 Å². The number of aromatic nitrogens is 3. The summed E-state index contributed by atoms with van der Waals surface area (Å²) in [6, 6.07) is 8.94. The van der Waals surface area contributed by atoms with Gasteiger partial charge in [0.25, 0.3) is 0 Å². The summed E-state index contributed by atoms with van der Waals surface area (Å²) in [4.78, 5) is 21.3. The fraction of sp³-hybridized carbons (Fsp3) is 0.591. The van der Waals surface area contributed by atoms with Crippen molar-refractivity contribution in [3.63, 3.8) is 0 Å². The predicted molar refractivity (Wildman–Crippen MR) is 110 cm³/mol. The van der Waals surface area contributed by atoms with E-state index in [0.717, 1.165) is 64.4 Å². The van der Waals surface area contributed by atoms with Gasteiger partial charge in [-0.2, -0.15) is 5.10 Å². The largest absolute Gasteiger partial charge is 0.372 e. The number of aromatic amines is 1. The number of ether oxygens (including phenoxy) is 1. The van der Waals surface area contributed by atoms with Crippen molar-refractivity contribution in [2.45, 2.75) is 51.7 Å². The second-order valence-electron chi connectivity index (χ2n) is 8.31. The summed E-state index contributed by atoms with van der Waals surface area (Å²) in [5.41, 5.74) is 2.61. The van der Waals surface area contributed by atoms with Gasteiger partial charge < -0.3 is 9.64 Å². The topological polar surface area (TPSA) is 74.3 Å². The van der Waals surface area contributed by atoms with Crippen molar-refractivity contribution < 1.29 is 9.53 Å². The van der Waals surface area contributed by atoms with Gasteiger partial charge in [0, 0.05) is 32.7 Å². The van der Waals surface area contributed by atoms with Crippen LogP contribution in [0.1, 0.15) is 42.5 Å². The van der Waals surface area contributed by atoms with E-state index in [1.807, 2.05) is 11.8 Å². The van der Waals surface area contributed by atoms with Crippen LogP contribution in [-0.4, -0.2) is 69.3 Å². The normalized spacial score (nSPS) is 19.6. The van der Waals surface area contributed by atoms with E-state index < -0.39 is 0 Å². The number of benzene rings is 1. The maximum atomic E-state index is 12.6. The zero-order chi connectivity index (χ0) is 20.3. The van der Waals surface area contributed by atoms with Gasteiger partial charge in [0.15, 0.2) is 5.82 Å². The third-order valence-corrected chi connectivity index (χ3v) is 6.15. The Morgan fingerprint density at radius 3 is 2.55 bits per heavy atom. The minimum absolute atomic E-state index is 0.0996. The number of amides is 1. The molecule has 1 spiro atoms. The second kappa shape index (κ2) is 8.63. The third-order valence-electron chi connectivity index (χ3n) is 6.15. The number of carbonyl (C=O) groups is 1. The fourth-order valence-electron chi connectivity index (χ4n) is 4.38. The molecule has 29 heavy (non-hydrogen) atoms. The van der Waals surface area contributed by atoms with Crippen LogP contribution < -0.4 is 0 Å². The SMILES string of the molecule is CCc1ccc(CN2CCOC3(CCN(C(=O)Cc4n[nH]c(C)n4)CC3)C2)cc1. The lowest BCUT2D eigenvalue weighted by atomic mass is 9.89. The minimum atomic E-state index is -0.125. The van der Waals surface area contributed by atoms with Gasteiger partial charge >= 0.3 is 0 Å². The quantitative estimate of drug-likeness (QED) is 0.836. The molecule has 2 aliphatic heterocycles. The lowest BCUT2D eigenvalue weighted by Gasteiger charge is -2.47. The van der Waals surface area contributed by atoms with Crippen molar-refractivity contribution in [2.75, 3.05) is 32.8 Å². The molecule has 1 aromatic heterocycles. The van der Waals surface area contributed by atoms with Crippen molar-refractivity contribution in [2.24, 2.45) is 0 Å². The van der Waals surface area contributed by atoms with Gasteiger partial charge in [-0.3, -0.25) is 14.8 Å². The number of H-pyrrole nitrogens is 1. The Balaban J connectivity index is 1.30. The zero-order valence-corrected chi connectivity index (χ0v) is 17.5. The standard InChI is InChI=1S/C22H31N5O2/c1-3-18-4-6-19(7-5-18)15-26-12-13-29-22(16-26)8-10-27(11-9-22)21(28)14-20-23-17(2)24-25-20/h4-7H,3,8-16H2,1-2H3,(H,23,24,25). The van der Waals surface area contributed by atoms with Crippen LogP contribution in [0.25, 0.3) is 0 Å². The molecule has 0 saturated carbocycles. The second-order valence-corrected chi connectivity index (χ2v) is 8.31. The highest BCUT2D eigenvalue weighted by Crippen LogP contribution is 2.31. The van der Waals surface area contributed by atoms with E-state index in [4.69, 9.17) is 4.74 Å². The molecule has 1 amide bonds. The smallest absolute Gasteiger partial charge is 0.230 e. The Bertz CT molecular complexity index is 824. The molecule has 7 heteroatoms. The first-order chi connectivity index (χ1) is 14.0. The maximum absolute atomic E-state index is 12.6. The lowest BCUT2D eigenvalue weighted by molar-refractivity contribution is -0.150. The molecule has 1 N–H and O–H groups in total. The van der Waals surface area contributed by atoms with Crippen molar-refractivity contribution in [3.05, 3.63) is 47.0 Å². The zero-order valence-electron chi connectivity index (χ0n) is 17.5. The molecule has 0 unspecified atom stereocenters. The van der Waals surface area contributed by atoms with Crippen LogP contribution >= 0.6 is 0 Å². The highest BCUT2D eigenvalue weighted by molar-refractivity contribution is 5.78. The van der Waals surface area contributed by atoms with Gasteiger partial charge in [-0.15, -0.1) is 0 Å². The number of rotatable bonds is 5. The van der Waals surface area contributed by atoms with Gasteiger partial charge in [-0.25, -0.2) is 4.98 Å². The Morgan fingerprint density at radius 2 is 1.90 bits per heavy atom. The summed E-state index contributed by atoms with van der Waals surface area (Å²) in [5, 5.41) is 6.88. The van der Waals surface area contributed by atoms with Gasteiger partial charge in [0.2, 0.25) is 5.91 Å². The molecule has 0 aliphatic carbocycles. The van der Waals surface area contributed by atoms with Crippen molar-refractivity contribution in [1.29, 1.82) is 0 Å². The van der Waals surface area contributed by atoms with Crippen LogP contribution in [0.15, 0.2) is 24.3 Å². The van der Waals surface area contributed by atoms with Crippen LogP contribution in [0.3, 0.4) is 0 Å². The van der Waals surface area contributed by atoms with Crippen LogP contribution in [0, 0.1) is 6.92 Å². The molecule has 2 fully saturated rings. The van der Waals surface area contributed by atoms with Crippen molar-refractivity contribution >= 4 is 5.91 Å². The lowest BCUT2D eigenvalue weighted by Crippen LogP contribution is -2.57. The Morgan fingerprint density at radius 1 is 1.17 bits per heavy atom. The molecule has 2 saturated heterocycles. The first kappa shape index (κ1) is 20.0. The monoisotopic (exact) mass is 397 g/mol. The number of nitrogens with one attached hydrogen (secondary N) is 1. The number of aryl methyl sites for hydroxylation is 2. The Hall–Kier alpha value is -2.25. The molecule has 7 nitrogen and oxygen atoms in total. The maximum Gasteiger partial charge on any atom is 0.230 e. The number of nitrogens with zero attached hydrogens (tertiary/aromatic N) is 4. The molecular weight excluding hydrogens is 366 g/mol. The van der Waals surface area contributed by atoms with E-state index in [2.05, 4.69) is 51.3 Å². The highest BCUT2D eigenvalue weighted by atomic mass is 16.5. The number of hydrogen-bond acceptors (Lipinski definition) is 5. The predicted octanol–water partition coefficient (Wildman–Crippen LogP) is 2.11. The minimum Gasteiger partial charge on any atom is -0.372 e. The fourth-order valence-corrected chi connectivity index (χ4v) is 4.38. The summed E-state index contributed by atoms with van der Waals surface area (Å²) in [5.74, 6) is 1.41. The highest BCUT2D eigenvalue weighted by Gasteiger charge is 2.40. The molecule has 0 atom stereocenters. The summed E-state index contributed by atoms with van der Waals surface area (Å²) < 4.78 is 6.25. The van der Waals surface area contributed by atoms with Gasteiger partial charge in [0.05, 0.1) is 18.6 Å². The first-order valence-electron chi connectivity index (χ1n) is 10.6. The van der Waals surface area contributed by atoms with Crippen LogP contribution in [0.5, 0.6) is 0 Å². The van der Waals surface area contributed by atoms with Crippen LogP contribution in [0.4, 0.5) is 0 Å². The Kier molecular flexibility index (Phi) is 5.96. The molecule has 0 radical (unpaired) electrons. The number of hydrogen-bond donors (Lipinski definition) is 1. The van der Waals surface area contributed by atoms with Crippen molar-refractivity contribution in [3.8, 4) is 0 Å². The molecular formula is C22H31N5O2. The summed E-state index contributed by atoms with van der Waals surface area (Å²) >= 11 is 0. The van der Waals surface area contributed by atoms with Crippen LogP contribution in [0.2, 0.25) is 0 Å². The molecule has 4 rings (SSSR count). The molecule has 2 aromatic rings. The Labute approximate surface area is 172 Å². The van der Waals surface area contributed by atoms with Crippen LogP contribution in [-0.2, 0) is 28.9 Å². The number of carbonyl (C=O) groups excluding carboxylic acids is 1.